The molecular weight excluding hydrogens is 229 g/mol. The second kappa shape index (κ2) is 7.69. The van der Waals surface area contributed by atoms with Crippen LogP contribution in [-0.2, 0) is 12.8 Å². The number of nitrogens with zero attached hydrogens (tertiary/aromatic N) is 1. The van der Waals surface area contributed by atoms with Crippen LogP contribution in [0.4, 0.5) is 10.1 Å². The van der Waals surface area contributed by atoms with E-state index < -0.39 is 0 Å². The van der Waals surface area contributed by atoms with Crippen LogP contribution in [0.1, 0.15) is 31.4 Å². The van der Waals surface area contributed by atoms with Crippen molar-refractivity contribution in [2.24, 2.45) is 10.7 Å². The van der Waals surface area contributed by atoms with Gasteiger partial charge in [-0.2, -0.15) is 0 Å². The normalized spacial score (nSPS) is 11.6. The highest BCUT2D eigenvalue weighted by Crippen LogP contribution is 2.22. The molecule has 0 saturated carbocycles. The quantitative estimate of drug-likeness (QED) is 0.464. The minimum Gasteiger partial charge on any atom is -0.370 e. The van der Waals surface area contributed by atoms with E-state index in [1.54, 1.807) is 0 Å². The predicted octanol–water partition coefficient (Wildman–Crippen LogP) is 2.90. The van der Waals surface area contributed by atoms with Gasteiger partial charge in [0.15, 0.2) is 5.96 Å². The molecule has 1 rings (SSSR count). The predicted molar refractivity (Wildman–Crippen MR) is 75.9 cm³/mol. The first-order valence-electron chi connectivity index (χ1n) is 6.46. The summed E-state index contributed by atoms with van der Waals surface area (Å²) >= 11 is 0. The topological polar surface area (TPSA) is 50.4 Å². The number of alkyl halides is 1. The van der Waals surface area contributed by atoms with Crippen LogP contribution in [0, 0.1) is 0 Å². The Morgan fingerprint density at radius 1 is 1.28 bits per heavy atom. The minimum absolute atomic E-state index is 0.359. The molecular formula is C14H22FN3. The summed E-state index contributed by atoms with van der Waals surface area (Å²) in [6, 6.07) is 6.21. The van der Waals surface area contributed by atoms with E-state index in [1.807, 2.05) is 0 Å². The van der Waals surface area contributed by atoms with Crippen molar-refractivity contribution in [1.29, 1.82) is 0 Å². The molecule has 0 atom stereocenters. The van der Waals surface area contributed by atoms with Gasteiger partial charge in [0.1, 0.15) is 0 Å². The number of anilines is 1. The molecule has 0 radical (unpaired) electrons. The van der Waals surface area contributed by atoms with Crippen LogP contribution in [0.5, 0.6) is 0 Å². The van der Waals surface area contributed by atoms with Crippen molar-refractivity contribution in [1.82, 2.24) is 0 Å². The van der Waals surface area contributed by atoms with Gasteiger partial charge in [-0.05, 0) is 30.4 Å². The Hall–Kier alpha value is -1.58. The molecule has 0 spiro atoms. The van der Waals surface area contributed by atoms with Gasteiger partial charge in [0.2, 0.25) is 0 Å². The van der Waals surface area contributed by atoms with Gasteiger partial charge < -0.3 is 11.1 Å². The fourth-order valence-electron chi connectivity index (χ4n) is 1.83. The van der Waals surface area contributed by atoms with Crippen molar-refractivity contribution in [3.05, 3.63) is 29.3 Å². The van der Waals surface area contributed by atoms with Crippen LogP contribution in [0.25, 0.3) is 0 Å². The number of nitrogens with two attached hydrogens (primary N) is 1. The Labute approximate surface area is 108 Å². The maximum atomic E-state index is 12.0. The number of hydrogen-bond acceptors (Lipinski definition) is 1. The molecule has 0 unspecified atom stereocenters. The van der Waals surface area contributed by atoms with Crippen LogP contribution in [-0.4, -0.2) is 19.2 Å². The number of aliphatic imine (C=N–C) groups is 1. The van der Waals surface area contributed by atoms with E-state index in [2.05, 4.69) is 42.4 Å². The molecule has 100 valence electrons. The Kier molecular flexibility index (Phi) is 6.19. The van der Waals surface area contributed by atoms with Gasteiger partial charge in [0.05, 0.1) is 6.67 Å². The standard InChI is InChI=1S/C14H22FN3/c1-3-11-7-5-8-12(4-2)13(11)18-14(16)17-10-6-9-15/h5,7-8H,3-4,6,9-10H2,1-2H3,(H3,16,17,18). The number of para-hydroxylation sites is 1. The molecule has 0 fully saturated rings. The van der Waals surface area contributed by atoms with Gasteiger partial charge in [0, 0.05) is 12.2 Å². The molecule has 4 heteroatoms. The summed E-state index contributed by atoms with van der Waals surface area (Å²) in [5.41, 5.74) is 9.30. The zero-order valence-corrected chi connectivity index (χ0v) is 11.2. The number of hydrogen-bond donors (Lipinski definition) is 2. The van der Waals surface area contributed by atoms with E-state index >= 15 is 0 Å². The summed E-state index contributed by atoms with van der Waals surface area (Å²) in [7, 11) is 0. The van der Waals surface area contributed by atoms with Crippen molar-refractivity contribution in [3.8, 4) is 0 Å². The molecule has 0 saturated heterocycles. The average molecular weight is 251 g/mol. The van der Waals surface area contributed by atoms with Crippen molar-refractivity contribution in [2.75, 3.05) is 18.5 Å². The lowest BCUT2D eigenvalue weighted by Gasteiger charge is -2.14. The van der Waals surface area contributed by atoms with Crippen LogP contribution < -0.4 is 11.1 Å². The Balaban J connectivity index is 2.84. The minimum atomic E-state index is -0.359. The van der Waals surface area contributed by atoms with Gasteiger partial charge in [-0.15, -0.1) is 0 Å². The fourth-order valence-corrected chi connectivity index (χ4v) is 1.83. The lowest BCUT2D eigenvalue weighted by molar-refractivity contribution is 0.477. The summed E-state index contributed by atoms with van der Waals surface area (Å²) in [5, 5.41) is 3.15. The van der Waals surface area contributed by atoms with E-state index in [0.717, 1.165) is 18.5 Å². The smallest absolute Gasteiger partial charge is 0.193 e. The van der Waals surface area contributed by atoms with Crippen LogP contribution in [0.2, 0.25) is 0 Å². The summed E-state index contributed by atoms with van der Waals surface area (Å²) in [6.07, 6.45) is 2.29. The first-order chi connectivity index (χ1) is 8.72. The highest BCUT2D eigenvalue weighted by atomic mass is 19.1. The molecule has 3 N–H and O–H groups in total. The van der Waals surface area contributed by atoms with Crippen molar-refractivity contribution < 1.29 is 4.39 Å². The molecule has 3 nitrogen and oxygen atoms in total. The molecule has 0 aliphatic carbocycles. The Bertz CT molecular complexity index is 380. The number of nitrogens with one attached hydrogen (secondary N) is 1. The first kappa shape index (κ1) is 14.5. The highest BCUT2D eigenvalue weighted by Gasteiger charge is 2.06. The largest absolute Gasteiger partial charge is 0.370 e. The molecule has 1 aromatic carbocycles. The van der Waals surface area contributed by atoms with Crippen LogP contribution in [0.3, 0.4) is 0 Å². The fraction of sp³-hybridized carbons (Fsp3) is 0.500. The number of halogens is 1. The molecule has 0 heterocycles. The number of benzene rings is 1. The van der Waals surface area contributed by atoms with Crippen LogP contribution >= 0.6 is 0 Å². The van der Waals surface area contributed by atoms with E-state index in [9.17, 15) is 4.39 Å². The first-order valence-corrected chi connectivity index (χ1v) is 6.46. The monoisotopic (exact) mass is 251 g/mol. The molecule has 1 aromatic rings. The Morgan fingerprint density at radius 2 is 1.89 bits per heavy atom. The van der Waals surface area contributed by atoms with Crippen LogP contribution in [0.15, 0.2) is 23.2 Å². The summed E-state index contributed by atoms with van der Waals surface area (Å²) in [5.74, 6) is 0.360. The van der Waals surface area contributed by atoms with Gasteiger partial charge in [-0.1, -0.05) is 32.0 Å². The van der Waals surface area contributed by atoms with Gasteiger partial charge in [-0.3, -0.25) is 9.38 Å². The van der Waals surface area contributed by atoms with Gasteiger partial charge in [-0.25, -0.2) is 0 Å². The SMILES string of the molecule is CCc1cccc(CC)c1NC(N)=NCCCF. The second-order valence-electron chi connectivity index (χ2n) is 4.09. The number of aryl methyl sites for hydroxylation is 2. The van der Waals surface area contributed by atoms with Gasteiger partial charge in [0.25, 0.3) is 0 Å². The zero-order chi connectivity index (χ0) is 13.4. The Morgan fingerprint density at radius 3 is 2.39 bits per heavy atom. The van der Waals surface area contributed by atoms with E-state index in [-0.39, 0.29) is 6.67 Å². The molecule has 18 heavy (non-hydrogen) atoms. The van der Waals surface area contributed by atoms with Crippen molar-refractivity contribution in [3.63, 3.8) is 0 Å². The molecule has 0 amide bonds. The second-order valence-corrected chi connectivity index (χ2v) is 4.09. The molecule has 0 aliphatic rings. The average Bonchev–Trinajstić information content (AvgIpc) is 2.39. The molecule has 0 bridgehead atoms. The van der Waals surface area contributed by atoms with E-state index in [1.165, 1.54) is 11.1 Å². The number of rotatable bonds is 6. The van der Waals surface area contributed by atoms with Crippen molar-refractivity contribution in [2.45, 2.75) is 33.1 Å². The molecule has 0 aliphatic heterocycles. The lowest BCUT2D eigenvalue weighted by Crippen LogP contribution is -2.24. The third-order valence-corrected chi connectivity index (χ3v) is 2.83. The maximum absolute atomic E-state index is 12.0. The lowest BCUT2D eigenvalue weighted by atomic mass is 10.0. The summed E-state index contributed by atoms with van der Waals surface area (Å²) in [6.45, 7) is 4.28. The zero-order valence-electron chi connectivity index (χ0n) is 11.2. The highest BCUT2D eigenvalue weighted by molar-refractivity contribution is 5.93. The van der Waals surface area contributed by atoms with E-state index in [4.69, 9.17) is 5.73 Å². The maximum Gasteiger partial charge on any atom is 0.193 e. The number of guanidine groups is 1. The third kappa shape index (κ3) is 4.02. The third-order valence-electron chi connectivity index (χ3n) is 2.83. The van der Waals surface area contributed by atoms with E-state index in [0.29, 0.717) is 18.9 Å². The molecule has 0 aromatic heterocycles. The summed E-state index contributed by atoms with van der Waals surface area (Å²) in [4.78, 5) is 4.10. The van der Waals surface area contributed by atoms with Gasteiger partial charge >= 0.3 is 0 Å². The summed E-state index contributed by atoms with van der Waals surface area (Å²) < 4.78 is 12.0. The van der Waals surface area contributed by atoms with Crippen molar-refractivity contribution >= 4 is 11.6 Å².